The SMILES string of the molecule is [CH2]CC(C)(C)c1ccccc1. The van der Waals surface area contributed by atoms with Gasteiger partial charge in [0.15, 0.2) is 0 Å². The van der Waals surface area contributed by atoms with Crippen molar-refractivity contribution in [3.8, 4) is 0 Å². The molecular weight excluding hydrogens is 132 g/mol. The fraction of sp³-hybridized carbons (Fsp3) is 0.364. The highest BCUT2D eigenvalue weighted by Gasteiger charge is 2.16. The van der Waals surface area contributed by atoms with E-state index in [4.69, 9.17) is 0 Å². The van der Waals surface area contributed by atoms with E-state index in [1.807, 2.05) is 6.07 Å². The molecule has 0 fully saturated rings. The molecule has 0 spiro atoms. The van der Waals surface area contributed by atoms with E-state index >= 15 is 0 Å². The minimum atomic E-state index is 0.223. The molecule has 1 aromatic carbocycles. The molecule has 0 heteroatoms. The predicted molar refractivity (Wildman–Crippen MR) is 49.4 cm³/mol. The van der Waals surface area contributed by atoms with E-state index in [-0.39, 0.29) is 5.41 Å². The highest BCUT2D eigenvalue weighted by atomic mass is 14.2. The third kappa shape index (κ3) is 1.83. The van der Waals surface area contributed by atoms with Crippen molar-refractivity contribution in [1.82, 2.24) is 0 Å². The molecule has 11 heavy (non-hydrogen) atoms. The van der Waals surface area contributed by atoms with Crippen molar-refractivity contribution >= 4 is 0 Å². The summed E-state index contributed by atoms with van der Waals surface area (Å²) in [5.74, 6) is 0. The molecule has 0 saturated heterocycles. The Hall–Kier alpha value is -0.780. The van der Waals surface area contributed by atoms with Gasteiger partial charge in [0.1, 0.15) is 0 Å². The zero-order valence-electron chi connectivity index (χ0n) is 7.30. The van der Waals surface area contributed by atoms with Gasteiger partial charge >= 0.3 is 0 Å². The fourth-order valence-electron chi connectivity index (χ4n) is 1.03. The van der Waals surface area contributed by atoms with Crippen molar-refractivity contribution in [2.75, 3.05) is 0 Å². The Balaban J connectivity index is 2.93. The number of hydrogen-bond acceptors (Lipinski definition) is 0. The number of rotatable bonds is 2. The van der Waals surface area contributed by atoms with E-state index in [0.29, 0.717) is 0 Å². The second-order valence-electron chi connectivity index (χ2n) is 3.50. The largest absolute Gasteiger partial charge is 0.0622 e. The molecule has 0 N–H and O–H groups in total. The van der Waals surface area contributed by atoms with E-state index in [0.717, 1.165) is 6.42 Å². The van der Waals surface area contributed by atoms with Crippen LogP contribution in [0.25, 0.3) is 0 Å². The standard InChI is InChI=1S/C11H15/c1-4-11(2,3)10-8-6-5-7-9-10/h5-9H,1,4H2,2-3H3. The lowest BCUT2D eigenvalue weighted by Gasteiger charge is -2.22. The fourth-order valence-corrected chi connectivity index (χ4v) is 1.03. The summed E-state index contributed by atoms with van der Waals surface area (Å²) in [6.45, 7) is 8.37. The lowest BCUT2D eigenvalue weighted by molar-refractivity contribution is 0.532. The molecule has 59 valence electrons. The van der Waals surface area contributed by atoms with Crippen LogP contribution >= 0.6 is 0 Å². The summed E-state index contributed by atoms with van der Waals surface area (Å²) in [4.78, 5) is 0. The van der Waals surface area contributed by atoms with Crippen LogP contribution < -0.4 is 0 Å². The first-order chi connectivity index (χ1) is 5.17. The number of benzene rings is 1. The Bertz CT molecular complexity index is 209. The Morgan fingerprint density at radius 1 is 1.18 bits per heavy atom. The zero-order valence-corrected chi connectivity index (χ0v) is 7.30. The monoisotopic (exact) mass is 147 g/mol. The van der Waals surface area contributed by atoms with Crippen molar-refractivity contribution in [2.45, 2.75) is 25.7 Å². The van der Waals surface area contributed by atoms with Crippen LogP contribution in [0.3, 0.4) is 0 Å². The summed E-state index contributed by atoms with van der Waals surface area (Å²) in [6.07, 6.45) is 0.941. The Kier molecular flexibility index (Phi) is 2.33. The molecule has 1 radical (unpaired) electrons. The first-order valence-electron chi connectivity index (χ1n) is 4.01. The molecule has 1 rings (SSSR count). The maximum Gasteiger partial charge on any atom is -0.0104 e. The smallest absolute Gasteiger partial charge is 0.0104 e. The summed E-state index contributed by atoms with van der Waals surface area (Å²) in [6, 6.07) is 10.5. The van der Waals surface area contributed by atoms with Crippen LogP contribution in [-0.2, 0) is 5.41 Å². The third-order valence-corrected chi connectivity index (χ3v) is 2.18. The van der Waals surface area contributed by atoms with E-state index in [9.17, 15) is 0 Å². The maximum absolute atomic E-state index is 3.93. The molecule has 0 heterocycles. The van der Waals surface area contributed by atoms with Crippen LogP contribution in [0.2, 0.25) is 0 Å². The van der Waals surface area contributed by atoms with Gasteiger partial charge in [-0.3, -0.25) is 0 Å². The van der Waals surface area contributed by atoms with Gasteiger partial charge in [-0.25, -0.2) is 0 Å². The minimum absolute atomic E-state index is 0.223. The van der Waals surface area contributed by atoms with Crippen molar-refractivity contribution in [1.29, 1.82) is 0 Å². The average Bonchev–Trinajstić information content (AvgIpc) is 2.06. The van der Waals surface area contributed by atoms with Crippen LogP contribution in [0.4, 0.5) is 0 Å². The molecular formula is C11H15. The van der Waals surface area contributed by atoms with E-state index in [1.54, 1.807) is 0 Å². The predicted octanol–water partition coefficient (Wildman–Crippen LogP) is 3.19. The van der Waals surface area contributed by atoms with E-state index < -0.39 is 0 Å². The summed E-state index contributed by atoms with van der Waals surface area (Å²) in [7, 11) is 0. The van der Waals surface area contributed by atoms with Gasteiger partial charge in [0.05, 0.1) is 0 Å². The topological polar surface area (TPSA) is 0 Å². The Morgan fingerprint density at radius 3 is 2.18 bits per heavy atom. The minimum Gasteiger partial charge on any atom is -0.0622 e. The van der Waals surface area contributed by atoms with Crippen LogP contribution in [0.5, 0.6) is 0 Å². The van der Waals surface area contributed by atoms with Gasteiger partial charge in [-0.15, -0.1) is 0 Å². The van der Waals surface area contributed by atoms with Crippen molar-refractivity contribution in [2.24, 2.45) is 0 Å². The molecule has 0 aliphatic carbocycles. The van der Waals surface area contributed by atoms with Gasteiger partial charge in [0.25, 0.3) is 0 Å². The molecule has 0 aliphatic heterocycles. The van der Waals surface area contributed by atoms with Crippen LogP contribution in [-0.4, -0.2) is 0 Å². The molecule has 0 unspecified atom stereocenters. The molecule has 0 aromatic heterocycles. The van der Waals surface area contributed by atoms with Crippen LogP contribution in [0.15, 0.2) is 30.3 Å². The Labute approximate surface area is 69.3 Å². The van der Waals surface area contributed by atoms with Crippen molar-refractivity contribution < 1.29 is 0 Å². The lowest BCUT2D eigenvalue weighted by Crippen LogP contribution is -2.14. The summed E-state index contributed by atoms with van der Waals surface area (Å²) in [5.41, 5.74) is 1.59. The molecule has 0 aliphatic rings. The van der Waals surface area contributed by atoms with Gasteiger partial charge in [0.2, 0.25) is 0 Å². The van der Waals surface area contributed by atoms with Crippen molar-refractivity contribution in [3.05, 3.63) is 42.8 Å². The third-order valence-electron chi connectivity index (χ3n) is 2.18. The summed E-state index contributed by atoms with van der Waals surface area (Å²) >= 11 is 0. The highest BCUT2D eigenvalue weighted by molar-refractivity contribution is 5.23. The molecule has 0 bridgehead atoms. The van der Waals surface area contributed by atoms with Gasteiger partial charge in [-0.05, 0) is 17.4 Å². The molecule has 0 nitrogen and oxygen atoms in total. The van der Waals surface area contributed by atoms with Crippen molar-refractivity contribution in [3.63, 3.8) is 0 Å². The van der Waals surface area contributed by atoms with Gasteiger partial charge < -0.3 is 0 Å². The first kappa shape index (κ1) is 8.32. The van der Waals surface area contributed by atoms with Gasteiger partial charge in [-0.2, -0.15) is 0 Å². The van der Waals surface area contributed by atoms with E-state index in [1.165, 1.54) is 5.56 Å². The molecule has 0 atom stereocenters. The van der Waals surface area contributed by atoms with Crippen LogP contribution in [0, 0.1) is 6.92 Å². The summed E-state index contributed by atoms with van der Waals surface area (Å²) < 4.78 is 0. The van der Waals surface area contributed by atoms with Crippen LogP contribution in [0.1, 0.15) is 25.8 Å². The Morgan fingerprint density at radius 2 is 1.73 bits per heavy atom. The lowest BCUT2D eigenvalue weighted by atomic mass is 9.82. The molecule has 0 amide bonds. The zero-order chi connectivity index (χ0) is 8.32. The highest BCUT2D eigenvalue weighted by Crippen LogP contribution is 2.25. The molecule has 1 aromatic rings. The van der Waals surface area contributed by atoms with Gasteiger partial charge in [0, 0.05) is 0 Å². The first-order valence-corrected chi connectivity index (χ1v) is 4.01. The summed E-state index contributed by atoms with van der Waals surface area (Å²) in [5, 5.41) is 0. The normalized spacial score (nSPS) is 11.5. The molecule has 0 saturated carbocycles. The quantitative estimate of drug-likeness (QED) is 0.602. The average molecular weight is 147 g/mol. The second kappa shape index (κ2) is 3.08. The van der Waals surface area contributed by atoms with E-state index in [2.05, 4.69) is 45.0 Å². The van der Waals surface area contributed by atoms with Gasteiger partial charge in [-0.1, -0.05) is 51.1 Å². The number of hydrogen-bond donors (Lipinski definition) is 0. The second-order valence-corrected chi connectivity index (χ2v) is 3.50. The maximum atomic E-state index is 3.93.